The Kier molecular flexibility index (Phi) is 3.82. The molecule has 126 valence electrons. The van der Waals surface area contributed by atoms with Crippen LogP contribution >= 0.6 is 0 Å². The molecule has 2 aliphatic carbocycles. The number of aromatic nitrogens is 4. The van der Waals surface area contributed by atoms with Gasteiger partial charge in [-0.2, -0.15) is 4.68 Å². The topological polar surface area (TPSA) is 72.7 Å². The van der Waals surface area contributed by atoms with E-state index in [4.69, 9.17) is 0 Å². The molecule has 2 aliphatic rings. The van der Waals surface area contributed by atoms with Gasteiger partial charge in [-0.3, -0.25) is 4.79 Å². The van der Waals surface area contributed by atoms with Crippen molar-refractivity contribution in [3.05, 3.63) is 30.1 Å². The predicted octanol–water partition coefficient (Wildman–Crippen LogP) is 3.13. The van der Waals surface area contributed by atoms with E-state index in [1.807, 2.05) is 31.2 Å². The second-order valence-electron chi connectivity index (χ2n) is 7.16. The molecule has 24 heavy (non-hydrogen) atoms. The molecule has 2 aromatic rings. The maximum Gasteiger partial charge on any atom is 0.227 e. The first-order valence-corrected chi connectivity index (χ1v) is 8.88. The molecule has 2 saturated carbocycles. The lowest BCUT2D eigenvalue weighted by Gasteiger charge is -2.28. The number of carbonyl (C=O) groups is 1. The number of amides is 1. The number of hydrogen-bond donors (Lipinski definition) is 1. The summed E-state index contributed by atoms with van der Waals surface area (Å²) in [7, 11) is 0. The van der Waals surface area contributed by atoms with E-state index in [1.165, 1.54) is 25.7 Å². The first kappa shape index (κ1) is 15.3. The largest absolute Gasteiger partial charge is 0.324 e. The molecule has 0 radical (unpaired) electrons. The Morgan fingerprint density at radius 2 is 2.17 bits per heavy atom. The molecular weight excluding hydrogens is 302 g/mol. The van der Waals surface area contributed by atoms with Crippen molar-refractivity contribution < 1.29 is 4.79 Å². The monoisotopic (exact) mass is 325 g/mol. The van der Waals surface area contributed by atoms with Gasteiger partial charge in [0.25, 0.3) is 0 Å². The molecule has 2 fully saturated rings. The van der Waals surface area contributed by atoms with Crippen LogP contribution in [-0.4, -0.2) is 26.1 Å². The van der Waals surface area contributed by atoms with Crippen LogP contribution in [0.5, 0.6) is 0 Å². The van der Waals surface area contributed by atoms with Crippen molar-refractivity contribution >= 4 is 11.6 Å². The van der Waals surface area contributed by atoms with Gasteiger partial charge in [0.05, 0.1) is 11.4 Å². The van der Waals surface area contributed by atoms with Crippen LogP contribution in [0.25, 0.3) is 5.69 Å². The molecular formula is C18H23N5O. The number of para-hydroxylation sites is 2. The van der Waals surface area contributed by atoms with Gasteiger partial charge in [-0.05, 0) is 60.1 Å². The SMILES string of the molecule is CCc1nnnn1-c1ccccc1NC(=O)C1CCCC2(CC2)C1. The van der Waals surface area contributed by atoms with Crippen molar-refractivity contribution in [1.29, 1.82) is 0 Å². The summed E-state index contributed by atoms with van der Waals surface area (Å²) in [6, 6.07) is 7.72. The third-order valence-electron chi connectivity index (χ3n) is 5.51. The zero-order valence-electron chi connectivity index (χ0n) is 14.0. The third-order valence-corrected chi connectivity index (χ3v) is 5.51. The Labute approximate surface area is 141 Å². The summed E-state index contributed by atoms with van der Waals surface area (Å²) < 4.78 is 1.71. The van der Waals surface area contributed by atoms with Crippen molar-refractivity contribution in [1.82, 2.24) is 20.2 Å². The fraction of sp³-hybridized carbons (Fsp3) is 0.556. The normalized spacial score (nSPS) is 21.6. The summed E-state index contributed by atoms with van der Waals surface area (Å²) in [5.41, 5.74) is 2.09. The van der Waals surface area contributed by atoms with Crippen molar-refractivity contribution in [2.75, 3.05) is 5.32 Å². The fourth-order valence-electron chi connectivity index (χ4n) is 3.92. The molecule has 1 atom stereocenters. The van der Waals surface area contributed by atoms with Crippen LogP contribution in [0.2, 0.25) is 0 Å². The lowest BCUT2D eigenvalue weighted by atomic mass is 9.78. The average molecular weight is 325 g/mol. The second kappa shape index (κ2) is 6.00. The lowest BCUT2D eigenvalue weighted by Crippen LogP contribution is -2.29. The highest BCUT2D eigenvalue weighted by molar-refractivity contribution is 5.94. The summed E-state index contributed by atoms with van der Waals surface area (Å²) >= 11 is 0. The molecule has 0 aliphatic heterocycles. The molecule has 1 aromatic heterocycles. The maximum absolute atomic E-state index is 12.8. The van der Waals surface area contributed by atoms with Gasteiger partial charge < -0.3 is 5.32 Å². The highest BCUT2D eigenvalue weighted by Gasteiger charge is 2.47. The number of nitrogens with zero attached hydrogens (tertiary/aromatic N) is 4. The van der Waals surface area contributed by atoms with E-state index in [1.54, 1.807) is 4.68 Å². The number of rotatable bonds is 4. The Morgan fingerprint density at radius 1 is 1.33 bits per heavy atom. The van der Waals surface area contributed by atoms with Crippen LogP contribution in [0.1, 0.15) is 51.3 Å². The number of carbonyl (C=O) groups excluding carboxylic acids is 1. The average Bonchev–Trinajstić information content (AvgIpc) is 3.18. The number of nitrogens with one attached hydrogen (secondary N) is 1. The van der Waals surface area contributed by atoms with Gasteiger partial charge >= 0.3 is 0 Å². The van der Waals surface area contributed by atoms with Gasteiger partial charge in [-0.15, -0.1) is 5.10 Å². The molecule has 6 nitrogen and oxygen atoms in total. The minimum Gasteiger partial charge on any atom is -0.324 e. The summed E-state index contributed by atoms with van der Waals surface area (Å²) in [5.74, 6) is 1.06. The van der Waals surface area contributed by atoms with E-state index in [9.17, 15) is 4.79 Å². The second-order valence-corrected chi connectivity index (χ2v) is 7.16. The quantitative estimate of drug-likeness (QED) is 0.937. The molecule has 0 saturated heterocycles. The van der Waals surface area contributed by atoms with Gasteiger partial charge in [0.1, 0.15) is 0 Å². The molecule has 1 unspecified atom stereocenters. The Morgan fingerprint density at radius 3 is 2.96 bits per heavy atom. The fourth-order valence-corrected chi connectivity index (χ4v) is 3.92. The summed E-state index contributed by atoms with van der Waals surface area (Å²) in [6.07, 6.45) is 7.87. The number of tetrazole rings is 1. The minimum atomic E-state index is 0.133. The third kappa shape index (κ3) is 2.81. The summed E-state index contributed by atoms with van der Waals surface area (Å²) in [4.78, 5) is 12.8. The Balaban J connectivity index is 1.55. The van der Waals surface area contributed by atoms with E-state index in [2.05, 4.69) is 20.8 Å². The predicted molar refractivity (Wildman–Crippen MR) is 90.8 cm³/mol. The molecule has 1 amide bonds. The highest BCUT2D eigenvalue weighted by Crippen LogP contribution is 2.57. The molecule has 4 rings (SSSR count). The van der Waals surface area contributed by atoms with E-state index >= 15 is 0 Å². The van der Waals surface area contributed by atoms with Crippen molar-refractivity contribution in [2.45, 2.75) is 51.9 Å². The maximum atomic E-state index is 12.8. The number of anilines is 1. The molecule has 1 N–H and O–H groups in total. The van der Waals surface area contributed by atoms with Gasteiger partial charge in [-0.1, -0.05) is 25.5 Å². The smallest absolute Gasteiger partial charge is 0.227 e. The summed E-state index contributed by atoms with van der Waals surface area (Å²) in [5, 5.41) is 15.0. The van der Waals surface area contributed by atoms with Crippen LogP contribution in [0.15, 0.2) is 24.3 Å². The van der Waals surface area contributed by atoms with Crippen LogP contribution in [-0.2, 0) is 11.2 Å². The van der Waals surface area contributed by atoms with Crippen molar-refractivity contribution in [3.63, 3.8) is 0 Å². The van der Waals surface area contributed by atoms with Gasteiger partial charge in [0, 0.05) is 12.3 Å². The zero-order valence-corrected chi connectivity index (χ0v) is 14.0. The van der Waals surface area contributed by atoms with Crippen molar-refractivity contribution in [3.8, 4) is 5.69 Å². The van der Waals surface area contributed by atoms with Crippen LogP contribution in [0, 0.1) is 11.3 Å². The van der Waals surface area contributed by atoms with E-state index in [0.29, 0.717) is 5.41 Å². The standard InChI is InChI=1S/C18H23N5O/c1-2-16-20-21-22-23(16)15-8-4-3-7-14(15)19-17(24)13-6-5-9-18(12-13)10-11-18/h3-4,7-8,13H,2,5-6,9-12H2,1H3,(H,19,24). The van der Waals surface area contributed by atoms with Crippen molar-refractivity contribution in [2.24, 2.45) is 11.3 Å². The van der Waals surface area contributed by atoms with Crippen LogP contribution in [0.3, 0.4) is 0 Å². The Bertz CT molecular complexity index is 749. The molecule has 6 heteroatoms. The molecule has 0 bridgehead atoms. The number of aryl methyl sites for hydroxylation is 1. The highest BCUT2D eigenvalue weighted by atomic mass is 16.1. The Hall–Kier alpha value is -2.24. The van der Waals surface area contributed by atoms with E-state index in [-0.39, 0.29) is 11.8 Å². The number of hydrogen-bond acceptors (Lipinski definition) is 4. The number of benzene rings is 1. The van der Waals surface area contributed by atoms with Crippen LogP contribution < -0.4 is 5.32 Å². The first-order valence-electron chi connectivity index (χ1n) is 8.88. The van der Waals surface area contributed by atoms with E-state index < -0.39 is 0 Å². The lowest BCUT2D eigenvalue weighted by molar-refractivity contribution is -0.121. The molecule has 1 aromatic carbocycles. The van der Waals surface area contributed by atoms with Crippen LogP contribution in [0.4, 0.5) is 5.69 Å². The summed E-state index contributed by atoms with van der Waals surface area (Å²) in [6.45, 7) is 2.01. The van der Waals surface area contributed by atoms with Gasteiger partial charge in [0.15, 0.2) is 5.82 Å². The zero-order chi connectivity index (χ0) is 16.6. The minimum absolute atomic E-state index is 0.133. The first-order chi connectivity index (χ1) is 11.7. The molecule has 1 heterocycles. The molecule has 1 spiro atoms. The van der Waals surface area contributed by atoms with Gasteiger partial charge in [0.2, 0.25) is 5.91 Å². The van der Waals surface area contributed by atoms with Gasteiger partial charge in [-0.25, -0.2) is 0 Å². The van der Waals surface area contributed by atoms with E-state index in [0.717, 1.165) is 36.5 Å².